The molecule has 2 N–H and O–H groups in total. The highest BCUT2D eigenvalue weighted by Gasteiger charge is 2.02. The molecular weight excluding hydrogens is 216 g/mol. The van der Waals surface area contributed by atoms with Gasteiger partial charge in [0.2, 0.25) is 0 Å². The second-order valence-electron chi connectivity index (χ2n) is 2.70. The van der Waals surface area contributed by atoms with E-state index in [0.717, 1.165) is 0 Å². The maximum Gasteiger partial charge on any atom is 0.333 e. The van der Waals surface area contributed by atoms with Gasteiger partial charge in [0.15, 0.2) is 0 Å². The van der Waals surface area contributed by atoms with Crippen molar-refractivity contribution < 1.29 is 29.3 Å². The van der Waals surface area contributed by atoms with Crippen molar-refractivity contribution in [2.45, 2.75) is 13.8 Å². The Morgan fingerprint density at radius 1 is 1.06 bits per heavy atom. The molecule has 94 valence electrons. The molecule has 0 saturated carbocycles. The monoisotopic (exact) mass is 234 g/mol. The Kier molecular flexibility index (Phi) is 12.4. The highest BCUT2D eigenvalue weighted by Crippen LogP contribution is 1.91. The van der Waals surface area contributed by atoms with Crippen molar-refractivity contribution in [1.82, 2.24) is 0 Å². The Hall–Kier alpha value is -1.40. The average molecular weight is 234 g/mol. The van der Waals surface area contributed by atoms with Crippen LogP contribution >= 0.6 is 0 Å². The van der Waals surface area contributed by atoms with Crippen LogP contribution in [-0.2, 0) is 19.1 Å². The standard InChI is InChI=1S/C8H12O4.C2H6O2/c1-6(2)8(10)12-5-4-11-7(3)9;3-1-2-4/h1,4-5H2,2-3H3;3-4H,1-2H2. The topological polar surface area (TPSA) is 93.1 Å². The first-order valence-corrected chi connectivity index (χ1v) is 4.63. The van der Waals surface area contributed by atoms with E-state index in [-0.39, 0.29) is 32.4 Å². The minimum atomic E-state index is -0.470. The lowest BCUT2D eigenvalue weighted by Gasteiger charge is -2.03. The van der Waals surface area contributed by atoms with E-state index in [9.17, 15) is 9.59 Å². The third-order valence-corrected chi connectivity index (χ3v) is 1.07. The highest BCUT2D eigenvalue weighted by molar-refractivity contribution is 5.86. The van der Waals surface area contributed by atoms with Crippen molar-refractivity contribution >= 4 is 11.9 Å². The van der Waals surface area contributed by atoms with Gasteiger partial charge in [-0.2, -0.15) is 0 Å². The lowest BCUT2D eigenvalue weighted by molar-refractivity contribution is -0.148. The van der Waals surface area contributed by atoms with Gasteiger partial charge in [0.05, 0.1) is 13.2 Å². The van der Waals surface area contributed by atoms with Crippen molar-refractivity contribution in [2.24, 2.45) is 0 Å². The number of aliphatic hydroxyl groups is 2. The molecule has 0 aliphatic heterocycles. The van der Waals surface area contributed by atoms with Crippen molar-refractivity contribution in [1.29, 1.82) is 0 Å². The number of rotatable bonds is 5. The Balaban J connectivity index is 0. The highest BCUT2D eigenvalue weighted by atomic mass is 16.6. The summed E-state index contributed by atoms with van der Waals surface area (Å²) < 4.78 is 9.16. The molecule has 16 heavy (non-hydrogen) atoms. The minimum Gasteiger partial charge on any atom is -0.462 e. The van der Waals surface area contributed by atoms with E-state index in [1.807, 2.05) is 0 Å². The van der Waals surface area contributed by atoms with Crippen LogP contribution in [0.15, 0.2) is 12.2 Å². The summed E-state index contributed by atoms with van der Waals surface area (Å²) in [6, 6.07) is 0. The summed E-state index contributed by atoms with van der Waals surface area (Å²) >= 11 is 0. The van der Waals surface area contributed by atoms with E-state index in [1.165, 1.54) is 6.92 Å². The van der Waals surface area contributed by atoms with Crippen LogP contribution in [0.5, 0.6) is 0 Å². The first-order valence-electron chi connectivity index (χ1n) is 4.63. The number of esters is 2. The second kappa shape index (κ2) is 11.7. The molecule has 0 amide bonds. The number of carbonyl (C=O) groups is 2. The van der Waals surface area contributed by atoms with Gasteiger partial charge in [-0.15, -0.1) is 0 Å². The van der Waals surface area contributed by atoms with Crippen LogP contribution in [0.25, 0.3) is 0 Å². The van der Waals surface area contributed by atoms with Crippen LogP contribution in [0.2, 0.25) is 0 Å². The smallest absolute Gasteiger partial charge is 0.333 e. The number of ether oxygens (including phenoxy) is 2. The van der Waals surface area contributed by atoms with E-state index in [4.69, 9.17) is 10.2 Å². The largest absolute Gasteiger partial charge is 0.462 e. The fraction of sp³-hybridized carbons (Fsp3) is 0.600. The van der Waals surface area contributed by atoms with E-state index in [2.05, 4.69) is 16.1 Å². The molecule has 6 heteroatoms. The summed E-state index contributed by atoms with van der Waals surface area (Å²) in [6.45, 7) is 6.14. The van der Waals surface area contributed by atoms with Gasteiger partial charge in [0.25, 0.3) is 0 Å². The first kappa shape index (κ1) is 17.0. The third-order valence-electron chi connectivity index (χ3n) is 1.07. The Morgan fingerprint density at radius 2 is 1.50 bits per heavy atom. The molecule has 6 nitrogen and oxygen atoms in total. The summed E-state index contributed by atoms with van der Waals surface area (Å²) in [5, 5.41) is 15.2. The zero-order valence-electron chi connectivity index (χ0n) is 9.56. The Labute approximate surface area is 94.5 Å². The molecular formula is C10H18O6. The molecule has 0 atom stereocenters. The molecule has 0 fully saturated rings. The van der Waals surface area contributed by atoms with E-state index < -0.39 is 5.97 Å². The van der Waals surface area contributed by atoms with E-state index in [0.29, 0.717) is 5.57 Å². The van der Waals surface area contributed by atoms with Crippen LogP contribution in [-0.4, -0.2) is 48.6 Å². The summed E-state index contributed by atoms with van der Waals surface area (Å²) in [5.74, 6) is -0.858. The molecule has 0 aromatic rings. The van der Waals surface area contributed by atoms with Gasteiger partial charge in [0, 0.05) is 12.5 Å². The van der Waals surface area contributed by atoms with E-state index >= 15 is 0 Å². The lowest BCUT2D eigenvalue weighted by Crippen LogP contribution is -2.12. The molecule has 0 rings (SSSR count). The number of hydrogen-bond acceptors (Lipinski definition) is 6. The maximum absolute atomic E-state index is 10.7. The third kappa shape index (κ3) is 15.1. The molecule has 0 aliphatic rings. The molecule has 0 radical (unpaired) electrons. The van der Waals surface area contributed by atoms with Crippen molar-refractivity contribution in [2.75, 3.05) is 26.4 Å². The molecule has 0 unspecified atom stereocenters. The van der Waals surface area contributed by atoms with Gasteiger partial charge in [-0.05, 0) is 6.92 Å². The predicted molar refractivity (Wildman–Crippen MR) is 56.6 cm³/mol. The van der Waals surface area contributed by atoms with Gasteiger partial charge in [-0.25, -0.2) is 4.79 Å². The SMILES string of the molecule is C=C(C)C(=O)OCCOC(C)=O.OCCO. The fourth-order valence-electron chi connectivity index (χ4n) is 0.443. The molecule has 0 heterocycles. The molecule has 0 aromatic carbocycles. The molecule has 0 aromatic heterocycles. The van der Waals surface area contributed by atoms with Crippen LogP contribution in [0.1, 0.15) is 13.8 Å². The first-order chi connectivity index (χ1) is 7.45. The van der Waals surface area contributed by atoms with E-state index in [1.54, 1.807) is 6.92 Å². The summed E-state index contributed by atoms with van der Waals surface area (Å²) in [7, 11) is 0. The van der Waals surface area contributed by atoms with Crippen LogP contribution in [0, 0.1) is 0 Å². The summed E-state index contributed by atoms with van der Waals surface area (Å²) in [6.07, 6.45) is 0. The predicted octanol–water partition coefficient (Wildman–Crippen LogP) is -0.360. The van der Waals surface area contributed by atoms with Gasteiger partial charge in [0.1, 0.15) is 13.2 Å². The molecule has 0 bridgehead atoms. The zero-order chi connectivity index (χ0) is 13.0. The molecule has 0 aliphatic carbocycles. The normalized spacial score (nSPS) is 8.50. The van der Waals surface area contributed by atoms with Gasteiger partial charge in [-0.3, -0.25) is 4.79 Å². The number of aliphatic hydroxyl groups excluding tert-OH is 2. The maximum atomic E-state index is 10.7. The molecule has 0 spiro atoms. The van der Waals surface area contributed by atoms with Crippen LogP contribution in [0.3, 0.4) is 0 Å². The second-order valence-corrected chi connectivity index (χ2v) is 2.70. The Morgan fingerprint density at radius 3 is 1.81 bits per heavy atom. The Bertz CT molecular complexity index is 221. The van der Waals surface area contributed by atoms with Crippen molar-refractivity contribution in [3.63, 3.8) is 0 Å². The quantitative estimate of drug-likeness (QED) is 0.383. The fourth-order valence-corrected chi connectivity index (χ4v) is 0.443. The average Bonchev–Trinajstić information content (AvgIpc) is 2.24. The van der Waals surface area contributed by atoms with Gasteiger partial charge in [-0.1, -0.05) is 6.58 Å². The minimum absolute atomic E-state index is 0.0747. The summed E-state index contributed by atoms with van der Waals surface area (Å²) in [5.41, 5.74) is 0.331. The van der Waals surface area contributed by atoms with Gasteiger partial charge < -0.3 is 19.7 Å². The summed E-state index contributed by atoms with van der Waals surface area (Å²) in [4.78, 5) is 21.0. The van der Waals surface area contributed by atoms with Crippen molar-refractivity contribution in [3.8, 4) is 0 Å². The van der Waals surface area contributed by atoms with Gasteiger partial charge >= 0.3 is 11.9 Å². The zero-order valence-corrected chi connectivity index (χ0v) is 9.56. The van der Waals surface area contributed by atoms with Crippen LogP contribution < -0.4 is 0 Å². The number of hydrogen-bond donors (Lipinski definition) is 2. The van der Waals surface area contributed by atoms with Crippen LogP contribution in [0.4, 0.5) is 0 Å². The lowest BCUT2D eigenvalue weighted by atomic mass is 10.4. The van der Waals surface area contributed by atoms with Crippen molar-refractivity contribution in [3.05, 3.63) is 12.2 Å². The molecule has 0 saturated heterocycles. The number of carbonyl (C=O) groups excluding carboxylic acids is 2.